The molecule has 3 atom stereocenters. The van der Waals surface area contributed by atoms with E-state index in [0.29, 0.717) is 18.0 Å². The molecule has 3 aromatic carbocycles. The Bertz CT molecular complexity index is 1430. The molecule has 0 spiro atoms. The minimum absolute atomic E-state index is 0.143. The molecule has 10 nitrogen and oxygen atoms in total. The van der Waals surface area contributed by atoms with Crippen molar-refractivity contribution in [3.05, 3.63) is 72.3 Å². The fourth-order valence-electron chi connectivity index (χ4n) is 4.45. The Labute approximate surface area is 253 Å². The van der Waals surface area contributed by atoms with E-state index in [1.807, 2.05) is 48.7 Å². The first-order valence-corrected chi connectivity index (χ1v) is 13.9. The molecular formula is C31H38F3N5O5. The van der Waals surface area contributed by atoms with Crippen molar-refractivity contribution in [3.8, 4) is 5.75 Å². The molecule has 0 saturated heterocycles. The molecule has 3 aromatic rings. The number of Topliss-reactive ketones (excluding diaryl/α,β-unsaturated/α-hetero) is 1. The molecule has 0 fully saturated rings. The Balaban J connectivity index is 1.74. The van der Waals surface area contributed by atoms with Crippen LogP contribution < -0.4 is 27.0 Å². The lowest BCUT2D eigenvalue weighted by molar-refractivity contribution is -0.211. The van der Waals surface area contributed by atoms with Gasteiger partial charge >= 0.3 is 12.1 Å². The summed E-state index contributed by atoms with van der Waals surface area (Å²) in [5, 5.41) is 4.33. The number of halogens is 3. The molecule has 3 rings (SSSR count). The number of likely N-dealkylation sites (N-methyl/N-ethyl adjacent to an activating group) is 1. The van der Waals surface area contributed by atoms with Crippen molar-refractivity contribution in [2.75, 3.05) is 39.1 Å². The van der Waals surface area contributed by atoms with Crippen LogP contribution in [-0.2, 0) is 25.6 Å². The number of carbonyl (C=O) groups excluding carboxylic acids is 3. The van der Waals surface area contributed by atoms with Gasteiger partial charge in [-0.15, -0.1) is 5.48 Å². The second-order valence-electron chi connectivity index (χ2n) is 11.0. The molecule has 238 valence electrons. The van der Waals surface area contributed by atoms with Crippen LogP contribution in [0.2, 0.25) is 0 Å². The van der Waals surface area contributed by atoms with Gasteiger partial charge in [0, 0.05) is 24.7 Å². The van der Waals surface area contributed by atoms with Gasteiger partial charge in [0.25, 0.3) is 0 Å². The SMILES string of the molecule is CN(C)CCOc1ccc(C[C@H](N)C(=O)C(CN)C[C@](C)(NOC(=O)C(F)(F)F)C(=O)Nc2ccc3ccccc3c2)cc1. The minimum Gasteiger partial charge on any atom is -0.492 e. The van der Waals surface area contributed by atoms with Crippen molar-refractivity contribution in [1.29, 1.82) is 0 Å². The van der Waals surface area contributed by atoms with Crippen LogP contribution in [0.4, 0.5) is 18.9 Å². The van der Waals surface area contributed by atoms with E-state index < -0.39 is 47.8 Å². The zero-order valence-electron chi connectivity index (χ0n) is 24.8. The van der Waals surface area contributed by atoms with Gasteiger partial charge in [-0.1, -0.05) is 42.5 Å². The van der Waals surface area contributed by atoms with E-state index in [9.17, 15) is 27.6 Å². The number of nitrogens with one attached hydrogen (secondary N) is 2. The first-order chi connectivity index (χ1) is 20.7. The van der Waals surface area contributed by atoms with E-state index in [4.69, 9.17) is 16.2 Å². The Hall–Kier alpha value is -4.04. The third kappa shape index (κ3) is 9.74. The highest BCUT2D eigenvalue weighted by Gasteiger charge is 2.45. The normalized spacial score (nSPS) is 14.5. The van der Waals surface area contributed by atoms with Crippen molar-refractivity contribution >= 4 is 34.1 Å². The van der Waals surface area contributed by atoms with Crippen LogP contribution in [-0.4, -0.2) is 74.1 Å². The highest BCUT2D eigenvalue weighted by molar-refractivity contribution is 6.00. The van der Waals surface area contributed by atoms with Gasteiger partial charge in [-0.25, -0.2) is 4.79 Å². The number of alkyl halides is 3. The Morgan fingerprint density at radius 1 is 0.977 bits per heavy atom. The zero-order chi connectivity index (χ0) is 32.5. The molecule has 0 aliphatic carbocycles. The highest BCUT2D eigenvalue weighted by Crippen LogP contribution is 2.25. The number of nitrogens with two attached hydrogens (primary N) is 2. The maximum atomic E-state index is 13.5. The predicted octanol–water partition coefficient (Wildman–Crippen LogP) is 3.19. The van der Waals surface area contributed by atoms with Gasteiger partial charge in [-0.05, 0) is 74.5 Å². The maximum Gasteiger partial charge on any atom is 0.492 e. The number of ketones is 1. The number of hydrogen-bond acceptors (Lipinski definition) is 9. The second kappa shape index (κ2) is 15.1. The van der Waals surface area contributed by atoms with Crippen molar-refractivity contribution in [3.63, 3.8) is 0 Å². The first kappa shape index (κ1) is 34.5. The van der Waals surface area contributed by atoms with Gasteiger partial charge in [0.15, 0.2) is 5.78 Å². The quantitative estimate of drug-likeness (QED) is 0.189. The number of nitrogens with zero attached hydrogens (tertiary/aromatic N) is 1. The molecule has 44 heavy (non-hydrogen) atoms. The Kier molecular flexibility index (Phi) is 11.8. The van der Waals surface area contributed by atoms with Crippen molar-refractivity contribution < 1.29 is 37.1 Å². The zero-order valence-corrected chi connectivity index (χ0v) is 24.8. The molecule has 13 heteroatoms. The summed E-state index contributed by atoms with van der Waals surface area (Å²) >= 11 is 0. The lowest BCUT2D eigenvalue weighted by atomic mass is 9.83. The number of anilines is 1. The number of rotatable bonds is 15. The van der Waals surface area contributed by atoms with Gasteiger partial charge in [-0.2, -0.15) is 13.2 Å². The summed E-state index contributed by atoms with van der Waals surface area (Å²) in [7, 11) is 3.87. The summed E-state index contributed by atoms with van der Waals surface area (Å²) in [6, 6.07) is 18.4. The molecule has 0 heterocycles. The number of carbonyl (C=O) groups is 3. The summed E-state index contributed by atoms with van der Waals surface area (Å²) in [6.07, 6.45) is -5.59. The van der Waals surface area contributed by atoms with E-state index in [0.717, 1.165) is 22.9 Å². The number of hydroxylamine groups is 1. The van der Waals surface area contributed by atoms with Crippen LogP contribution >= 0.6 is 0 Å². The summed E-state index contributed by atoms with van der Waals surface area (Å²) in [5.41, 5.74) is 13.2. The van der Waals surface area contributed by atoms with Crippen LogP contribution in [0.15, 0.2) is 66.7 Å². The van der Waals surface area contributed by atoms with Crippen LogP contribution in [0.5, 0.6) is 5.75 Å². The Morgan fingerprint density at radius 3 is 2.25 bits per heavy atom. The van der Waals surface area contributed by atoms with Gasteiger partial charge in [0.05, 0.1) is 6.04 Å². The van der Waals surface area contributed by atoms with Gasteiger partial charge in [0.2, 0.25) is 5.91 Å². The largest absolute Gasteiger partial charge is 0.492 e. The molecular weight excluding hydrogens is 579 g/mol. The molecule has 0 bridgehead atoms. The van der Waals surface area contributed by atoms with E-state index in [1.165, 1.54) is 6.92 Å². The number of amides is 1. The third-order valence-electron chi connectivity index (χ3n) is 7.00. The monoisotopic (exact) mass is 617 g/mol. The number of benzene rings is 3. The first-order valence-electron chi connectivity index (χ1n) is 13.9. The number of ether oxygens (including phenoxy) is 1. The predicted molar refractivity (Wildman–Crippen MR) is 161 cm³/mol. The van der Waals surface area contributed by atoms with E-state index >= 15 is 0 Å². The van der Waals surface area contributed by atoms with Crippen molar-refractivity contribution in [2.24, 2.45) is 17.4 Å². The molecule has 1 unspecified atom stereocenters. The maximum absolute atomic E-state index is 13.5. The molecule has 6 N–H and O–H groups in total. The van der Waals surface area contributed by atoms with Gasteiger partial charge in [-0.3, -0.25) is 9.59 Å². The van der Waals surface area contributed by atoms with Gasteiger partial charge < -0.3 is 31.3 Å². The highest BCUT2D eigenvalue weighted by atomic mass is 19.4. The van der Waals surface area contributed by atoms with Crippen LogP contribution in [0.3, 0.4) is 0 Å². The van der Waals surface area contributed by atoms with Gasteiger partial charge in [0.1, 0.15) is 17.9 Å². The Morgan fingerprint density at radius 2 is 1.64 bits per heavy atom. The fraction of sp³-hybridized carbons (Fsp3) is 0.387. The standard InChI is InChI=1S/C31H38F3N5O5/c1-30(38-44-29(42)31(32,33)34,28(41)37-24-11-10-21-6-4-5-7-22(21)17-24)18-23(19-35)27(40)26(36)16-20-8-12-25(13-9-20)43-15-14-39(2)3/h4-13,17,23,26,38H,14-16,18-19,35-36H2,1-3H3,(H,37,41)/t23?,26-,30-/m0/s1. The second-order valence-corrected chi connectivity index (χ2v) is 11.0. The van der Waals surface area contributed by atoms with Crippen LogP contribution in [0, 0.1) is 5.92 Å². The molecule has 0 aliphatic rings. The molecule has 0 aliphatic heterocycles. The van der Waals surface area contributed by atoms with Crippen molar-refractivity contribution in [1.82, 2.24) is 10.4 Å². The van der Waals surface area contributed by atoms with Crippen molar-refractivity contribution in [2.45, 2.75) is 37.5 Å². The topological polar surface area (TPSA) is 149 Å². The van der Waals surface area contributed by atoms with E-state index in [1.54, 1.807) is 42.5 Å². The fourth-order valence-corrected chi connectivity index (χ4v) is 4.45. The summed E-state index contributed by atoms with van der Waals surface area (Å²) < 4.78 is 44.4. The van der Waals surface area contributed by atoms with E-state index in [-0.39, 0.29) is 13.0 Å². The molecule has 0 radical (unpaired) electrons. The summed E-state index contributed by atoms with van der Waals surface area (Å²) in [4.78, 5) is 44.6. The average Bonchev–Trinajstić information content (AvgIpc) is 2.98. The smallest absolute Gasteiger partial charge is 0.492 e. The van der Waals surface area contributed by atoms with E-state index in [2.05, 4.69) is 10.2 Å². The third-order valence-corrected chi connectivity index (χ3v) is 7.00. The molecule has 0 aromatic heterocycles. The lowest BCUT2D eigenvalue weighted by Crippen LogP contribution is -2.56. The molecule has 0 saturated carbocycles. The lowest BCUT2D eigenvalue weighted by Gasteiger charge is -2.32. The average molecular weight is 618 g/mol. The summed E-state index contributed by atoms with van der Waals surface area (Å²) in [5.74, 6) is -4.32. The summed E-state index contributed by atoms with van der Waals surface area (Å²) in [6.45, 7) is 2.19. The van der Waals surface area contributed by atoms with Crippen LogP contribution in [0.1, 0.15) is 18.9 Å². The minimum atomic E-state index is -5.32. The molecule has 1 amide bonds. The van der Waals surface area contributed by atoms with Crippen LogP contribution in [0.25, 0.3) is 10.8 Å². The number of fused-ring (bicyclic) bond motifs is 1. The number of hydrogen-bond donors (Lipinski definition) is 4.